The molecule has 0 radical (unpaired) electrons. The van der Waals surface area contributed by atoms with Crippen LogP contribution < -0.4 is 4.90 Å². The van der Waals surface area contributed by atoms with E-state index in [1.165, 1.54) is 36.3 Å². The van der Waals surface area contributed by atoms with Gasteiger partial charge in [-0.1, -0.05) is 42.2 Å². The molecule has 2 aromatic carbocycles. The number of rotatable bonds is 3. The second-order valence-electron chi connectivity index (χ2n) is 5.07. The van der Waals surface area contributed by atoms with Gasteiger partial charge in [0.05, 0.1) is 23.3 Å². The fourth-order valence-electron chi connectivity index (χ4n) is 2.34. The molecule has 126 valence electrons. The fraction of sp³-hybridized carbons (Fsp3) is 0.0556. The summed E-state index contributed by atoms with van der Waals surface area (Å²) >= 11 is 6.40. The van der Waals surface area contributed by atoms with Crippen molar-refractivity contribution in [2.24, 2.45) is 0 Å². The molecule has 1 fully saturated rings. The van der Waals surface area contributed by atoms with Gasteiger partial charge in [0.25, 0.3) is 5.91 Å². The normalized spacial score (nSPS) is 15.8. The lowest BCUT2D eigenvalue weighted by Crippen LogP contribution is -2.27. The van der Waals surface area contributed by atoms with Gasteiger partial charge in [-0.25, -0.2) is 9.18 Å². The first-order valence-corrected chi connectivity index (χ1v) is 8.44. The van der Waals surface area contributed by atoms with Crippen LogP contribution in [0.4, 0.5) is 10.1 Å². The van der Waals surface area contributed by atoms with Crippen LogP contribution in [-0.4, -0.2) is 23.3 Å². The van der Waals surface area contributed by atoms with E-state index in [9.17, 15) is 14.0 Å². The minimum Gasteiger partial charge on any atom is -0.465 e. The van der Waals surface area contributed by atoms with E-state index in [1.54, 1.807) is 30.3 Å². The molecule has 0 aliphatic carbocycles. The van der Waals surface area contributed by atoms with E-state index < -0.39 is 11.8 Å². The number of anilines is 1. The molecule has 4 nitrogen and oxygen atoms in total. The lowest BCUT2D eigenvalue weighted by molar-refractivity contribution is -0.113. The Kier molecular flexibility index (Phi) is 4.96. The zero-order valence-corrected chi connectivity index (χ0v) is 14.7. The van der Waals surface area contributed by atoms with Crippen LogP contribution in [0.3, 0.4) is 0 Å². The van der Waals surface area contributed by atoms with E-state index in [4.69, 9.17) is 17.0 Å². The van der Waals surface area contributed by atoms with Gasteiger partial charge in [-0.2, -0.15) is 0 Å². The number of esters is 1. The number of ether oxygens (including phenoxy) is 1. The van der Waals surface area contributed by atoms with Gasteiger partial charge < -0.3 is 4.74 Å². The summed E-state index contributed by atoms with van der Waals surface area (Å²) in [6, 6.07) is 12.3. The van der Waals surface area contributed by atoms with Crippen molar-refractivity contribution in [1.29, 1.82) is 0 Å². The van der Waals surface area contributed by atoms with Crippen LogP contribution in [0.1, 0.15) is 15.9 Å². The maximum Gasteiger partial charge on any atom is 0.338 e. The highest BCUT2D eigenvalue weighted by molar-refractivity contribution is 8.27. The number of nitrogens with zero attached hydrogens (tertiary/aromatic N) is 1. The molecule has 0 N–H and O–H groups in total. The first kappa shape index (κ1) is 17.3. The summed E-state index contributed by atoms with van der Waals surface area (Å²) in [5.74, 6) is -1.20. The van der Waals surface area contributed by atoms with Crippen LogP contribution >= 0.6 is 24.0 Å². The highest BCUT2D eigenvalue weighted by atomic mass is 32.2. The minimum absolute atomic E-state index is 0.318. The summed E-state index contributed by atoms with van der Waals surface area (Å²) in [6.45, 7) is 0. The van der Waals surface area contributed by atoms with Crippen LogP contribution in [-0.2, 0) is 9.53 Å². The Hall–Kier alpha value is -2.51. The largest absolute Gasteiger partial charge is 0.465 e. The number of thiocarbonyl (C=S) groups is 1. The van der Waals surface area contributed by atoms with Crippen molar-refractivity contribution in [3.05, 3.63) is 70.4 Å². The van der Waals surface area contributed by atoms with E-state index >= 15 is 0 Å². The summed E-state index contributed by atoms with van der Waals surface area (Å²) in [6.07, 6.45) is 1.61. The SMILES string of the molecule is COC(=O)c1ccccc1/C=C1\SC(=S)N(c2ccc(F)cc2)C1=O. The minimum atomic E-state index is -0.485. The van der Waals surface area contributed by atoms with Gasteiger partial charge in [-0.05, 0) is 42.0 Å². The molecule has 0 spiro atoms. The van der Waals surface area contributed by atoms with Crippen LogP contribution in [0.2, 0.25) is 0 Å². The Morgan fingerprint density at radius 2 is 1.88 bits per heavy atom. The number of amides is 1. The van der Waals surface area contributed by atoms with Gasteiger partial charge in [0.2, 0.25) is 0 Å². The first-order valence-electron chi connectivity index (χ1n) is 7.22. The number of carbonyl (C=O) groups is 2. The lowest BCUT2D eigenvalue weighted by Gasteiger charge is -2.14. The molecule has 0 unspecified atom stereocenters. The number of thioether (sulfide) groups is 1. The van der Waals surface area contributed by atoms with Gasteiger partial charge in [0, 0.05) is 0 Å². The van der Waals surface area contributed by atoms with Crippen molar-refractivity contribution >= 4 is 51.9 Å². The number of carbonyl (C=O) groups excluding carboxylic acids is 2. The van der Waals surface area contributed by atoms with Crippen molar-refractivity contribution in [3.8, 4) is 0 Å². The van der Waals surface area contributed by atoms with Crippen LogP contribution in [0, 0.1) is 5.82 Å². The second kappa shape index (κ2) is 7.16. The van der Waals surface area contributed by atoms with E-state index in [2.05, 4.69) is 0 Å². The molecule has 1 aliphatic rings. The quantitative estimate of drug-likeness (QED) is 0.462. The molecule has 0 saturated carbocycles. The van der Waals surface area contributed by atoms with E-state index in [1.807, 2.05) is 0 Å². The molecular formula is C18H12FNO3S2. The Morgan fingerprint density at radius 3 is 2.56 bits per heavy atom. The third-order valence-corrected chi connectivity index (χ3v) is 4.83. The van der Waals surface area contributed by atoms with Crippen molar-refractivity contribution < 1.29 is 18.7 Å². The monoisotopic (exact) mass is 373 g/mol. The number of halogens is 1. The molecule has 1 aliphatic heterocycles. The Bertz CT molecular complexity index is 893. The van der Waals surface area contributed by atoms with Crippen molar-refractivity contribution in [2.75, 3.05) is 12.0 Å². The Labute approximate surface area is 153 Å². The molecule has 2 aromatic rings. The Morgan fingerprint density at radius 1 is 1.20 bits per heavy atom. The molecule has 3 rings (SSSR count). The molecule has 0 aromatic heterocycles. The van der Waals surface area contributed by atoms with E-state index in [0.29, 0.717) is 26.0 Å². The lowest BCUT2D eigenvalue weighted by atomic mass is 10.1. The third kappa shape index (κ3) is 3.47. The standard InChI is InChI=1S/C18H12FNO3S2/c1-23-17(22)14-5-3-2-4-11(14)10-15-16(21)20(18(24)25-15)13-8-6-12(19)7-9-13/h2-10H,1H3/b15-10-. The van der Waals surface area contributed by atoms with Crippen molar-refractivity contribution in [3.63, 3.8) is 0 Å². The zero-order chi connectivity index (χ0) is 18.0. The molecule has 25 heavy (non-hydrogen) atoms. The number of methoxy groups -OCH3 is 1. The fourth-order valence-corrected chi connectivity index (χ4v) is 3.63. The summed E-state index contributed by atoms with van der Waals surface area (Å²) in [5, 5.41) is 0. The average molecular weight is 373 g/mol. The molecule has 1 amide bonds. The average Bonchev–Trinajstić information content (AvgIpc) is 2.89. The van der Waals surface area contributed by atoms with Gasteiger partial charge in [0.1, 0.15) is 5.82 Å². The number of benzene rings is 2. The van der Waals surface area contributed by atoms with Crippen LogP contribution in [0.25, 0.3) is 6.08 Å². The topological polar surface area (TPSA) is 46.6 Å². The second-order valence-corrected chi connectivity index (χ2v) is 6.75. The molecule has 1 saturated heterocycles. The van der Waals surface area contributed by atoms with Gasteiger partial charge >= 0.3 is 5.97 Å². The van der Waals surface area contributed by atoms with E-state index in [-0.39, 0.29) is 5.91 Å². The smallest absolute Gasteiger partial charge is 0.338 e. The summed E-state index contributed by atoms with van der Waals surface area (Å²) < 4.78 is 18.2. The summed E-state index contributed by atoms with van der Waals surface area (Å²) in [5.41, 5.74) is 1.42. The van der Waals surface area contributed by atoms with Gasteiger partial charge in [-0.15, -0.1) is 0 Å². The van der Waals surface area contributed by atoms with Crippen LogP contribution in [0.5, 0.6) is 0 Å². The van der Waals surface area contributed by atoms with Gasteiger partial charge in [0.15, 0.2) is 4.32 Å². The number of hydrogen-bond donors (Lipinski definition) is 0. The summed E-state index contributed by atoms with van der Waals surface area (Å²) in [7, 11) is 1.30. The Balaban J connectivity index is 1.96. The molecule has 0 bridgehead atoms. The van der Waals surface area contributed by atoms with Gasteiger partial charge in [-0.3, -0.25) is 9.69 Å². The maximum atomic E-state index is 13.1. The molecule has 1 heterocycles. The predicted molar refractivity (Wildman–Crippen MR) is 99.8 cm³/mol. The molecular weight excluding hydrogens is 361 g/mol. The zero-order valence-electron chi connectivity index (χ0n) is 13.1. The molecule has 0 atom stereocenters. The highest BCUT2D eigenvalue weighted by Gasteiger charge is 2.33. The maximum absolute atomic E-state index is 13.1. The van der Waals surface area contributed by atoms with Crippen LogP contribution in [0.15, 0.2) is 53.4 Å². The van der Waals surface area contributed by atoms with Crippen molar-refractivity contribution in [2.45, 2.75) is 0 Å². The predicted octanol–water partition coefficient (Wildman–Crippen LogP) is 4.02. The highest BCUT2D eigenvalue weighted by Crippen LogP contribution is 2.36. The first-order chi connectivity index (χ1) is 12.0. The summed E-state index contributed by atoms with van der Waals surface area (Å²) in [4.78, 5) is 26.3. The molecule has 7 heteroatoms. The van der Waals surface area contributed by atoms with E-state index in [0.717, 1.165) is 11.8 Å². The number of hydrogen-bond acceptors (Lipinski definition) is 5. The van der Waals surface area contributed by atoms with Crippen molar-refractivity contribution in [1.82, 2.24) is 0 Å². The third-order valence-electron chi connectivity index (χ3n) is 3.53.